The highest BCUT2D eigenvalue weighted by Gasteiger charge is 2.38. The number of aliphatic hydroxyl groups is 1. The topological polar surface area (TPSA) is 238 Å². The summed E-state index contributed by atoms with van der Waals surface area (Å²) in [6, 6.07) is 3.28. The third-order valence-corrected chi connectivity index (χ3v) is 9.83. The van der Waals surface area contributed by atoms with Crippen molar-refractivity contribution in [2.24, 2.45) is 23.5 Å². The maximum absolute atomic E-state index is 13.8. The lowest BCUT2D eigenvalue weighted by Crippen LogP contribution is -2.59. The summed E-state index contributed by atoms with van der Waals surface area (Å²) in [6.45, 7) is 12.7. The highest BCUT2D eigenvalue weighted by Crippen LogP contribution is 2.21. The van der Waals surface area contributed by atoms with Crippen LogP contribution < -0.4 is 32.3 Å². The summed E-state index contributed by atoms with van der Waals surface area (Å²) in [7, 11) is 1.24. The Balaban J connectivity index is 2.30. The molecule has 0 radical (unpaired) electrons. The summed E-state index contributed by atoms with van der Waals surface area (Å²) in [4.78, 5) is 92.4. The second-order valence-corrected chi connectivity index (χ2v) is 15.3. The first-order valence-electron chi connectivity index (χ1n) is 19.2. The first-order chi connectivity index (χ1) is 25.9. The molecule has 1 heterocycles. The first kappa shape index (κ1) is 46.6. The number of hydrogen-bond donors (Lipinski definition) is 7. The second kappa shape index (κ2) is 22.7. The van der Waals surface area contributed by atoms with Gasteiger partial charge in [-0.1, -0.05) is 78.3 Å². The average molecular weight is 774 g/mol. The van der Waals surface area contributed by atoms with Gasteiger partial charge in [-0.15, -0.1) is 0 Å². The Hall–Kier alpha value is -4.57. The van der Waals surface area contributed by atoms with Crippen LogP contribution in [0, 0.1) is 17.8 Å². The molecule has 308 valence electrons. The third kappa shape index (κ3) is 15.2. The van der Waals surface area contributed by atoms with Crippen molar-refractivity contribution in [2.75, 3.05) is 20.2 Å². The van der Waals surface area contributed by atoms with Crippen LogP contribution in [0.5, 0.6) is 0 Å². The molecule has 0 saturated carbocycles. The Labute approximate surface area is 324 Å². The maximum Gasteiger partial charge on any atom is 0.328 e. The minimum absolute atomic E-state index is 0.0230. The number of nitrogens with one attached hydrogen (secondary N) is 5. The largest absolute Gasteiger partial charge is 0.467 e. The number of methoxy groups -OCH3 is 1. The summed E-state index contributed by atoms with van der Waals surface area (Å²) < 4.78 is 4.87. The summed E-state index contributed by atoms with van der Waals surface area (Å²) in [5, 5.41) is 25.3. The van der Waals surface area contributed by atoms with Crippen LogP contribution in [-0.4, -0.2) is 114 Å². The molecule has 0 aliphatic carbocycles. The Morgan fingerprint density at radius 2 is 1.51 bits per heavy atom. The standard InChI is InChI=1S/C39H63N7O9/c1-9-24(6)34(38(53)44-33(23(4)5)39(54)55-8)45-37(52)30-16-13-17-46(30)21-31(48)27(19-26-14-11-10-12-15-26)42-36(51)29(20-32(40)49)43-35(50)28(18-22(2)3)41-25(7)47/h10-12,14-15,22-24,27-31,33-34,48H,9,13,16-21H2,1-8H3,(H2,40,49)(H,41,47)(H,42,51)(H,43,50)(H,44,53)(H,45,52)/t24?,27-,28-,29-,30-,31?,33-,34-/m0/s1. The number of hydrogen-bond acceptors (Lipinski definition) is 10. The summed E-state index contributed by atoms with van der Waals surface area (Å²) in [5.41, 5.74) is 6.26. The molecule has 0 spiro atoms. The van der Waals surface area contributed by atoms with Crippen LogP contribution in [0.3, 0.4) is 0 Å². The number of esters is 1. The van der Waals surface area contributed by atoms with E-state index in [1.807, 2.05) is 58.0 Å². The Bertz CT molecular complexity index is 1460. The molecule has 1 aliphatic heterocycles. The predicted octanol–water partition coefficient (Wildman–Crippen LogP) is 0.295. The van der Waals surface area contributed by atoms with Crippen LogP contribution in [0.4, 0.5) is 0 Å². The van der Waals surface area contributed by atoms with Gasteiger partial charge in [-0.3, -0.25) is 33.7 Å². The zero-order valence-electron chi connectivity index (χ0n) is 33.6. The van der Waals surface area contributed by atoms with Gasteiger partial charge in [0, 0.05) is 13.5 Å². The molecule has 16 nitrogen and oxygen atoms in total. The third-order valence-electron chi connectivity index (χ3n) is 9.83. The molecule has 16 heteroatoms. The first-order valence-corrected chi connectivity index (χ1v) is 19.2. The van der Waals surface area contributed by atoms with Crippen molar-refractivity contribution < 1.29 is 43.4 Å². The molecule has 55 heavy (non-hydrogen) atoms. The van der Waals surface area contributed by atoms with Crippen LogP contribution in [-0.2, 0) is 44.7 Å². The van der Waals surface area contributed by atoms with E-state index in [1.165, 1.54) is 14.0 Å². The highest BCUT2D eigenvalue weighted by atomic mass is 16.5. The van der Waals surface area contributed by atoms with E-state index in [9.17, 15) is 38.7 Å². The fourth-order valence-corrected chi connectivity index (χ4v) is 6.59. The van der Waals surface area contributed by atoms with E-state index in [0.717, 1.165) is 5.56 Å². The Kier molecular flexibility index (Phi) is 19.2. The molecule has 8 atom stereocenters. The van der Waals surface area contributed by atoms with Gasteiger partial charge in [0.1, 0.15) is 24.2 Å². The molecular weight excluding hydrogens is 710 g/mol. The van der Waals surface area contributed by atoms with E-state index >= 15 is 0 Å². The predicted molar refractivity (Wildman–Crippen MR) is 206 cm³/mol. The molecular formula is C39H63N7O9. The van der Waals surface area contributed by atoms with Gasteiger partial charge in [0.15, 0.2) is 0 Å². The van der Waals surface area contributed by atoms with Crippen LogP contribution >= 0.6 is 0 Å². The number of amides is 6. The zero-order chi connectivity index (χ0) is 41.4. The van der Waals surface area contributed by atoms with Crippen molar-refractivity contribution in [3.05, 3.63) is 35.9 Å². The number of likely N-dealkylation sites (tertiary alicyclic amines) is 1. The normalized spacial score (nSPS) is 18.2. The van der Waals surface area contributed by atoms with Gasteiger partial charge in [-0.2, -0.15) is 0 Å². The molecule has 1 aromatic rings. The summed E-state index contributed by atoms with van der Waals surface area (Å²) >= 11 is 0. The minimum atomic E-state index is -1.40. The molecule has 1 fully saturated rings. The van der Waals surface area contributed by atoms with Gasteiger partial charge in [-0.25, -0.2) is 4.79 Å². The zero-order valence-corrected chi connectivity index (χ0v) is 33.6. The number of β-amino-alcohol motifs (C(OH)–C–C–N with tert-alkyl or cyclic N) is 1. The maximum atomic E-state index is 13.8. The van der Waals surface area contributed by atoms with Crippen LogP contribution in [0.1, 0.15) is 86.1 Å². The number of carbonyl (C=O) groups excluding carboxylic acids is 7. The molecule has 8 N–H and O–H groups in total. The van der Waals surface area contributed by atoms with Crippen molar-refractivity contribution in [2.45, 2.75) is 129 Å². The Morgan fingerprint density at radius 3 is 2.05 bits per heavy atom. The van der Waals surface area contributed by atoms with Crippen LogP contribution in [0.2, 0.25) is 0 Å². The molecule has 6 amide bonds. The van der Waals surface area contributed by atoms with Crippen LogP contribution in [0.25, 0.3) is 0 Å². The second-order valence-electron chi connectivity index (χ2n) is 15.3. The van der Waals surface area contributed by atoms with Gasteiger partial charge in [0.2, 0.25) is 35.4 Å². The van der Waals surface area contributed by atoms with Gasteiger partial charge < -0.3 is 42.2 Å². The minimum Gasteiger partial charge on any atom is -0.467 e. The average Bonchev–Trinajstić information content (AvgIpc) is 3.58. The molecule has 1 saturated heterocycles. The van der Waals surface area contributed by atoms with Crippen molar-refractivity contribution in [3.8, 4) is 0 Å². The van der Waals surface area contributed by atoms with E-state index < -0.39 is 90.2 Å². The van der Waals surface area contributed by atoms with Gasteiger partial charge in [0.05, 0.1) is 31.7 Å². The highest BCUT2D eigenvalue weighted by molar-refractivity contribution is 5.94. The Morgan fingerprint density at radius 1 is 0.873 bits per heavy atom. The van der Waals surface area contributed by atoms with E-state index in [0.29, 0.717) is 25.8 Å². The lowest BCUT2D eigenvalue weighted by Gasteiger charge is -2.33. The van der Waals surface area contributed by atoms with Crippen molar-refractivity contribution in [3.63, 3.8) is 0 Å². The smallest absolute Gasteiger partial charge is 0.328 e. The van der Waals surface area contributed by atoms with Gasteiger partial charge in [-0.05, 0) is 55.5 Å². The molecule has 0 aromatic heterocycles. The number of benzene rings is 1. The number of nitrogens with two attached hydrogens (primary N) is 1. The number of ether oxygens (including phenoxy) is 1. The number of rotatable bonds is 22. The lowest BCUT2D eigenvalue weighted by atomic mass is 9.96. The number of nitrogens with zero attached hydrogens (tertiary/aromatic N) is 1. The molecule has 0 bridgehead atoms. The molecule has 2 rings (SSSR count). The van der Waals surface area contributed by atoms with Crippen molar-refractivity contribution in [1.82, 2.24) is 31.5 Å². The molecule has 2 unspecified atom stereocenters. The van der Waals surface area contributed by atoms with Crippen molar-refractivity contribution >= 4 is 41.4 Å². The molecule has 1 aromatic carbocycles. The number of primary amides is 1. The van der Waals surface area contributed by atoms with E-state index in [1.54, 1.807) is 18.7 Å². The summed E-state index contributed by atoms with van der Waals surface area (Å²) in [6.07, 6.45) is 0.360. The molecule has 1 aliphatic rings. The quantitative estimate of drug-likeness (QED) is 0.0796. The van der Waals surface area contributed by atoms with E-state index in [4.69, 9.17) is 10.5 Å². The van der Waals surface area contributed by atoms with Crippen LogP contribution in [0.15, 0.2) is 30.3 Å². The van der Waals surface area contributed by atoms with Gasteiger partial charge in [0.25, 0.3) is 0 Å². The SMILES string of the molecule is CCC(C)[C@H](NC(=O)[C@@H]1CCCN1CC(O)[C@H](Cc1ccccc1)NC(=O)[C@H](CC(N)=O)NC(=O)[C@H](CC(C)C)NC(C)=O)C(=O)N[C@H](C(=O)OC)C(C)C. The fraction of sp³-hybridized carbons (Fsp3) is 0.667. The van der Waals surface area contributed by atoms with E-state index in [2.05, 4.69) is 26.6 Å². The van der Waals surface area contributed by atoms with Crippen molar-refractivity contribution in [1.29, 1.82) is 0 Å². The van der Waals surface area contributed by atoms with Gasteiger partial charge >= 0.3 is 5.97 Å². The summed E-state index contributed by atoms with van der Waals surface area (Å²) in [5.74, 6) is -4.71. The number of carbonyl (C=O) groups is 7. The fourth-order valence-electron chi connectivity index (χ4n) is 6.59. The monoisotopic (exact) mass is 773 g/mol. The van der Waals surface area contributed by atoms with E-state index in [-0.39, 0.29) is 37.1 Å². The number of aliphatic hydroxyl groups excluding tert-OH is 1. The lowest BCUT2D eigenvalue weighted by molar-refractivity contribution is -0.147.